The summed E-state index contributed by atoms with van der Waals surface area (Å²) in [6.45, 7) is 0.850. The van der Waals surface area contributed by atoms with Gasteiger partial charge in [0.1, 0.15) is 5.82 Å². The molecular weight excluding hydrogens is 313 g/mol. The molecule has 2 aromatic rings. The van der Waals surface area contributed by atoms with Gasteiger partial charge in [-0.1, -0.05) is 22.0 Å². The molecule has 0 spiro atoms. The van der Waals surface area contributed by atoms with Crippen LogP contribution in [0.4, 0.5) is 10.1 Å². The quantitative estimate of drug-likeness (QED) is 0.626. The zero-order valence-electron chi connectivity index (χ0n) is 9.70. The van der Waals surface area contributed by atoms with Crippen LogP contribution in [-0.4, -0.2) is 12.3 Å². The van der Waals surface area contributed by atoms with Crippen molar-refractivity contribution in [2.75, 3.05) is 17.6 Å². The third-order valence-electron chi connectivity index (χ3n) is 2.34. The van der Waals surface area contributed by atoms with Crippen LogP contribution in [0.15, 0.2) is 57.9 Å². The Bertz CT molecular complexity index is 501. The molecule has 4 heteroatoms. The van der Waals surface area contributed by atoms with Crippen molar-refractivity contribution in [3.05, 3.63) is 58.8 Å². The minimum absolute atomic E-state index is 0.180. The summed E-state index contributed by atoms with van der Waals surface area (Å²) < 4.78 is 14.0. The van der Waals surface area contributed by atoms with E-state index in [4.69, 9.17) is 0 Å². The standard InChI is InChI=1S/C14H13BrFNS/c15-11-4-6-13(7-5-11)17-8-9-18-14-3-1-2-12(16)10-14/h1-7,10,17H,8-9H2. The second kappa shape index (κ2) is 6.81. The lowest BCUT2D eigenvalue weighted by Crippen LogP contribution is -2.03. The summed E-state index contributed by atoms with van der Waals surface area (Å²) in [5, 5.41) is 3.32. The zero-order chi connectivity index (χ0) is 12.8. The third kappa shape index (κ3) is 4.35. The van der Waals surface area contributed by atoms with Crippen LogP contribution in [0, 0.1) is 5.82 Å². The Labute approximate surface area is 119 Å². The van der Waals surface area contributed by atoms with Crippen LogP contribution in [0.2, 0.25) is 0 Å². The van der Waals surface area contributed by atoms with E-state index in [1.165, 1.54) is 6.07 Å². The van der Waals surface area contributed by atoms with Crippen LogP contribution >= 0.6 is 27.7 Å². The molecule has 1 nitrogen and oxygen atoms in total. The molecule has 2 aromatic carbocycles. The molecule has 18 heavy (non-hydrogen) atoms. The fourth-order valence-corrected chi connectivity index (χ4v) is 2.56. The van der Waals surface area contributed by atoms with Crippen molar-refractivity contribution in [3.63, 3.8) is 0 Å². The van der Waals surface area contributed by atoms with E-state index in [-0.39, 0.29) is 5.82 Å². The van der Waals surface area contributed by atoms with E-state index >= 15 is 0 Å². The van der Waals surface area contributed by atoms with E-state index in [0.717, 1.165) is 27.4 Å². The van der Waals surface area contributed by atoms with Crippen molar-refractivity contribution < 1.29 is 4.39 Å². The predicted octanol–water partition coefficient (Wildman–Crippen LogP) is 4.79. The number of hydrogen-bond donors (Lipinski definition) is 1. The summed E-state index contributed by atoms with van der Waals surface area (Å²) in [4.78, 5) is 0.965. The third-order valence-corrected chi connectivity index (χ3v) is 3.86. The molecule has 0 heterocycles. The zero-order valence-corrected chi connectivity index (χ0v) is 12.1. The van der Waals surface area contributed by atoms with Gasteiger partial charge in [0.05, 0.1) is 0 Å². The molecule has 0 atom stereocenters. The summed E-state index contributed by atoms with van der Waals surface area (Å²) in [6, 6.07) is 14.7. The van der Waals surface area contributed by atoms with E-state index < -0.39 is 0 Å². The number of thioether (sulfide) groups is 1. The molecule has 0 fully saturated rings. The first-order valence-electron chi connectivity index (χ1n) is 5.62. The van der Waals surface area contributed by atoms with Crippen molar-refractivity contribution in [1.29, 1.82) is 0 Å². The predicted molar refractivity (Wildman–Crippen MR) is 79.8 cm³/mol. The first kappa shape index (κ1) is 13.4. The maximum atomic E-state index is 12.9. The van der Waals surface area contributed by atoms with E-state index in [2.05, 4.69) is 21.2 Å². The highest BCUT2D eigenvalue weighted by molar-refractivity contribution is 9.10. The van der Waals surface area contributed by atoms with Crippen molar-refractivity contribution in [2.24, 2.45) is 0 Å². The second-order valence-corrected chi connectivity index (χ2v) is 5.82. The largest absolute Gasteiger partial charge is 0.384 e. The average Bonchev–Trinajstić information content (AvgIpc) is 2.37. The number of halogens is 2. The minimum atomic E-state index is -0.180. The lowest BCUT2D eigenvalue weighted by Gasteiger charge is -2.06. The maximum Gasteiger partial charge on any atom is 0.124 e. The molecule has 0 aliphatic heterocycles. The molecule has 0 aliphatic rings. The van der Waals surface area contributed by atoms with Gasteiger partial charge in [0.25, 0.3) is 0 Å². The molecule has 0 unspecified atom stereocenters. The summed E-state index contributed by atoms with van der Waals surface area (Å²) in [5.41, 5.74) is 1.10. The molecular formula is C14H13BrFNS. The van der Waals surface area contributed by atoms with E-state index in [1.54, 1.807) is 23.9 Å². The number of nitrogens with one attached hydrogen (secondary N) is 1. The van der Waals surface area contributed by atoms with E-state index in [1.807, 2.05) is 30.3 Å². The smallest absolute Gasteiger partial charge is 0.124 e. The first-order valence-corrected chi connectivity index (χ1v) is 7.40. The SMILES string of the molecule is Fc1cccc(SCCNc2ccc(Br)cc2)c1. The molecule has 0 saturated heterocycles. The molecule has 0 radical (unpaired) electrons. The van der Waals surface area contributed by atoms with Gasteiger partial charge in [0, 0.05) is 27.4 Å². The lowest BCUT2D eigenvalue weighted by molar-refractivity contribution is 0.624. The normalized spacial score (nSPS) is 10.3. The van der Waals surface area contributed by atoms with Crippen molar-refractivity contribution in [2.45, 2.75) is 4.90 Å². The fourth-order valence-electron chi connectivity index (χ4n) is 1.49. The van der Waals surface area contributed by atoms with Crippen molar-refractivity contribution in [3.8, 4) is 0 Å². The molecule has 2 rings (SSSR count). The van der Waals surface area contributed by atoms with Crippen molar-refractivity contribution >= 4 is 33.4 Å². The number of benzene rings is 2. The Morgan fingerprint density at radius 1 is 1.11 bits per heavy atom. The summed E-state index contributed by atoms with van der Waals surface area (Å²) in [6.07, 6.45) is 0. The summed E-state index contributed by atoms with van der Waals surface area (Å²) in [7, 11) is 0. The lowest BCUT2D eigenvalue weighted by atomic mass is 10.3. The fraction of sp³-hybridized carbons (Fsp3) is 0.143. The molecule has 94 valence electrons. The Balaban J connectivity index is 1.74. The topological polar surface area (TPSA) is 12.0 Å². The monoisotopic (exact) mass is 325 g/mol. The van der Waals surface area contributed by atoms with Crippen LogP contribution in [0.3, 0.4) is 0 Å². The van der Waals surface area contributed by atoms with Crippen LogP contribution in [0.1, 0.15) is 0 Å². The van der Waals surface area contributed by atoms with Crippen LogP contribution in [-0.2, 0) is 0 Å². The average molecular weight is 326 g/mol. The van der Waals surface area contributed by atoms with E-state index in [9.17, 15) is 4.39 Å². The molecule has 0 bridgehead atoms. The highest BCUT2D eigenvalue weighted by Gasteiger charge is 1.96. The maximum absolute atomic E-state index is 12.9. The Hall–Kier alpha value is -1.00. The first-order chi connectivity index (χ1) is 8.74. The molecule has 1 N–H and O–H groups in total. The van der Waals surface area contributed by atoms with Crippen LogP contribution in [0.5, 0.6) is 0 Å². The summed E-state index contributed by atoms with van der Waals surface area (Å²) in [5.74, 6) is 0.723. The molecule has 0 amide bonds. The Kier molecular flexibility index (Phi) is 5.08. The highest BCUT2D eigenvalue weighted by Crippen LogP contribution is 2.19. The van der Waals surface area contributed by atoms with Gasteiger partial charge in [-0.25, -0.2) is 4.39 Å². The Morgan fingerprint density at radius 3 is 2.61 bits per heavy atom. The van der Waals surface area contributed by atoms with Crippen LogP contribution in [0.25, 0.3) is 0 Å². The van der Waals surface area contributed by atoms with Gasteiger partial charge in [-0.05, 0) is 42.5 Å². The molecule has 0 aromatic heterocycles. The van der Waals surface area contributed by atoms with Crippen LogP contribution < -0.4 is 5.32 Å². The minimum Gasteiger partial charge on any atom is -0.384 e. The summed E-state index contributed by atoms with van der Waals surface area (Å²) >= 11 is 5.04. The van der Waals surface area contributed by atoms with Gasteiger partial charge in [-0.3, -0.25) is 0 Å². The number of hydrogen-bond acceptors (Lipinski definition) is 2. The van der Waals surface area contributed by atoms with Gasteiger partial charge in [0.15, 0.2) is 0 Å². The number of rotatable bonds is 5. The number of anilines is 1. The molecule has 0 aliphatic carbocycles. The van der Waals surface area contributed by atoms with E-state index in [0.29, 0.717) is 0 Å². The van der Waals surface area contributed by atoms with Gasteiger partial charge in [-0.2, -0.15) is 0 Å². The van der Waals surface area contributed by atoms with Gasteiger partial charge < -0.3 is 5.32 Å². The van der Waals surface area contributed by atoms with Gasteiger partial charge in [-0.15, -0.1) is 11.8 Å². The van der Waals surface area contributed by atoms with Crippen molar-refractivity contribution in [1.82, 2.24) is 0 Å². The highest BCUT2D eigenvalue weighted by atomic mass is 79.9. The van der Waals surface area contributed by atoms with Gasteiger partial charge in [0.2, 0.25) is 0 Å². The molecule has 0 saturated carbocycles. The van der Waals surface area contributed by atoms with Gasteiger partial charge >= 0.3 is 0 Å². The second-order valence-electron chi connectivity index (χ2n) is 3.74. The Morgan fingerprint density at radius 2 is 1.89 bits per heavy atom.